The average Bonchev–Trinajstić information content (AvgIpc) is 3.19. The first kappa shape index (κ1) is 20.1. The molecule has 1 aromatic heterocycles. The number of nitrogens with one attached hydrogen (secondary N) is 1. The van der Waals surface area contributed by atoms with Crippen molar-refractivity contribution in [2.75, 3.05) is 26.4 Å². The molecule has 8 heteroatoms. The molecule has 2 aromatic rings. The number of amides is 1. The van der Waals surface area contributed by atoms with Gasteiger partial charge in [-0.3, -0.25) is 4.79 Å². The highest BCUT2D eigenvalue weighted by Crippen LogP contribution is 2.28. The van der Waals surface area contributed by atoms with Crippen molar-refractivity contribution in [1.82, 2.24) is 15.5 Å². The van der Waals surface area contributed by atoms with E-state index in [0.717, 1.165) is 31.6 Å². The Bertz CT molecular complexity index is 771. The largest absolute Gasteiger partial charge is 0.490 e. The maximum absolute atomic E-state index is 12.3. The molecular formula is C20H27N3O5. The molecular weight excluding hydrogens is 362 g/mol. The second-order valence-electron chi connectivity index (χ2n) is 6.53. The highest BCUT2D eigenvalue weighted by molar-refractivity contribution is 5.78. The molecule has 1 N–H and O–H groups in total. The molecule has 0 atom stereocenters. The molecule has 1 aliphatic heterocycles. The Hall–Kier alpha value is -2.61. The van der Waals surface area contributed by atoms with Gasteiger partial charge in [0.25, 0.3) is 0 Å². The van der Waals surface area contributed by atoms with Crippen LogP contribution in [0.1, 0.15) is 49.9 Å². The van der Waals surface area contributed by atoms with Crippen molar-refractivity contribution in [3.63, 3.8) is 0 Å². The van der Waals surface area contributed by atoms with Crippen LogP contribution in [0.15, 0.2) is 22.7 Å². The monoisotopic (exact) mass is 389 g/mol. The fourth-order valence-corrected chi connectivity index (χ4v) is 3.09. The third kappa shape index (κ3) is 5.45. The predicted molar refractivity (Wildman–Crippen MR) is 101 cm³/mol. The van der Waals surface area contributed by atoms with E-state index in [1.54, 1.807) is 0 Å². The number of ether oxygens (including phenoxy) is 3. The summed E-state index contributed by atoms with van der Waals surface area (Å²) in [6.45, 7) is 6.57. The van der Waals surface area contributed by atoms with Crippen LogP contribution in [-0.2, 0) is 22.5 Å². The van der Waals surface area contributed by atoms with Gasteiger partial charge < -0.3 is 24.1 Å². The highest BCUT2D eigenvalue weighted by atomic mass is 16.5. The standard InChI is InChI=1S/C20H27N3O5/c1-3-26-16-6-5-14(11-17(16)27-4-2)12-18(24)21-13-19-22-20(23-28-19)15-7-9-25-10-8-15/h5-6,11,15H,3-4,7-10,12-13H2,1-2H3,(H,21,24). The van der Waals surface area contributed by atoms with E-state index in [9.17, 15) is 4.79 Å². The molecule has 1 saturated heterocycles. The molecule has 1 amide bonds. The Morgan fingerprint density at radius 3 is 2.68 bits per heavy atom. The highest BCUT2D eigenvalue weighted by Gasteiger charge is 2.21. The minimum Gasteiger partial charge on any atom is -0.490 e. The van der Waals surface area contributed by atoms with Gasteiger partial charge in [0.05, 0.1) is 26.2 Å². The summed E-state index contributed by atoms with van der Waals surface area (Å²) in [4.78, 5) is 16.7. The maximum Gasteiger partial charge on any atom is 0.246 e. The molecule has 3 rings (SSSR count). The molecule has 0 aliphatic carbocycles. The Balaban J connectivity index is 1.53. The number of hydrogen-bond donors (Lipinski definition) is 1. The Morgan fingerprint density at radius 1 is 1.18 bits per heavy atom. The van der Waals surface area contributed by atoms with Crippen LogP contribution in [0.3, 0.4) is 0 Å². The summed E-state index contributed by atoms with van der Waals surface area (Å²) in [5.41, 5.74) is 0.845. The second kappa shape index (κ2) is 10.1. The molecule has 1 aromatic carbocycles. The first-order chi connectivity index (χ1) is 13.7. The lowest BCUT2D eigenvalue weighted by Gasteiger charge is -2.18. The third-order valence-corrected chi connectivity index (χ3v) is 4.48. The minimum atomic E-state index is -0.127. The summed E-state index contributed by atoms with van der Waals surface area (Å²) < 4.78 is 21.8. The Kier molecular flexibility index (Phi) is 7.25. The summed E-state index contributed by atoms with van der Waals surface area (Å²) in [6, 6.07) is 5.53. The van der Waals surface area contributed by atoms with E-state index in [4.69, 9.17) is 18.7 Å². The van der Waals surface area contributed by atoms with E-state index >= 15 is 0 Å². The summed E-state index contributed by atoms with van der Waals surface area (Å²) >= 11 is 0. The van der Waals surface area contributed by atoms with Gasteiger partial charge in [0.15, 0.2) is 17.3 Å². The van der Waals surface area contributed by atoms with Crippen LogP contribution < -0.4 is 14.8 Å². The van der Waals surface area contributed by atoms with Gasteiger partial charge in [-0.05, 0) is 44.4 Å². The lowest BCUT2D eigenvalue weighted by molar-refractivity contribution is -0.120. The van der Waals surface area contributed by atoms with E-state index in [1.165, 1.54) is 0 Å². The molecule has 0 bridgehead atoms. The zero-order valence-electron chi connectivity index (χ0n) is 16.4. The fraction of sp³-hybridized carbons (Fsp3) is 0.550. The molecule has 0 spiro atoms. The van der Waals surface area contributed by atoms with Crippen LogP contribution >= 0.6 is 0 Å². The maximum atomic E-state index is 12.3. The van der Waals surface area contributed by atoms with Crippen molar-refractivity contribution >= 4 is 5.91 Å². The van der Waals surface area contributed by atoms with Gasteiger partial charge in [-0.15, -0.1) is 0 Å². The van der Waals surface area contributed by atoms with Crippen molar-refractivity contribution < 1.29 is 23.5 Å². The molecule has 0 radical (unpaired) electrons. The van der Waals surface area contributed by atoms with Crippen molar-refractivity contribution in [2.45, 2.75) is 45.6 Å². The fourth-order valence-electron chi connectivity index (χ4n) is 3.09. The minimum absolute atomic E-state index is 0.127. The number of nitrogens with zero attached hydrogens (tertiary/aromatic N) is 2. The quantitative estimate of drug-likeness (QED) is 0.704. The zero-order valence-corrected chi connectivity index (χ0v) is 16.4. The first-order valence-corrected chi connectivity index (χ1v) is 9.75. The second-order valence-corrected chi connectivity index (χ2v) is 6.53. The summed E-state index contributed by atoms with van der Waals surface area (Å²) in [5.74, 6) is 2.57. The first-order valence-electron chi connectivity index (χ1n) is 9.75. The van der Waals surface area contributed by atoms with Crippen LogP contribution in [0.5, 0.6) is 11.5 Å². The van der Waals surface area contributed by atoms with Gasteiger partial charge in [-0.2, -0.15) is 4.98 Å². The summed E-state index contributed by atoms with van der Waals surface area (Å²) in [7, 11) is 0. The molecule has 0 saturated carbocycles. The number of aromatic nitrogens is 2. The van der Waals surface area contributed by atoms with E-state index < -0.39 is 0 Å². The summed E-state index contributed by atoms with van der Waals surface area (Å²) in [5, 5.41) is 6.86. The molecule has 152 valence electrons. The number of carbonyl (C=O) groups is 1. The molecule has 1 fully saturated rings. The lowest BCUT2D eigenvalue weighted by atomic mass is 10.00. The SMILES string of the molecule is CCOc1ccc(CC(=O)NCc2nc(C3CCOCC3)no2)cc1OCC. The lowest BCUT2D eigenvalue weighted by Crippen LogP contribution is -2.24. The number of carbonyl (C=O) groups excluding carboxylic acids is 1. The van der Waals surface area contributed by atoms with Crippen molar-refractivity contribution in [3.05, 3.63) is 35.5 Å². The van der Waals surface area contributed by atoms with Gasteiger partial charge in [0.2, 0.25) is 11.8 Å². The Labute approximate surface area is 164 Å². The van der Waals surface area contributed by atoms with Crippen LogP contribution in [0.2, 0.25) is 0 Å². The number of benzene rings is 1. The normalized spacial score (nSPS) is 14.6. The molecule has 0 unspecified atom stereocenters. The molecule has 1 aliphatic rings. The third-order valence-electron chi connectivity index (χ3n) is 4.48. The average molecular weight is 389 g/mol. The molecule has 8 nitrogen and oxygen atoms in total. The number of rotatable bonds is 9. The van der Waals surface area contributed by atoms with Gasteiger partial charge in [-0.25, -0.2) is 0 Å². The predicted octanol–water partition coefficient (Wildman–Crippen LogP) is 2.62. The van der Waals surface area contributed by atoms with Gasteiger partial charge in [0, 0.05) is 19.1 Å². The van der Waals surface area contributed by atoms with E-state index in [-0.39, 0.29) is 24.8 Å². The van der Waals surface area contributed by atoms with Crippen LogP contribution in [0.4, 0.5) is 0 Å². The van der Waals surface area contributed by atoms with Crippen LogP contribution in [0.25, 0.3) is 0 Å². The Morgan fingerprint density at radius 2 is 1.93 bits per heavy atom. The van der Waals surface area contributed by atoms with E-state index in [2.05, 4.69) is 15.5 Å². The van der Waals surface area contributed by atoms with Gasteiger partial charge in [-0.1, -0.05) is 11.2 Å². The van der Waals surface area contributed by atoms with Crippen LogP contribution in [-0.4, -0.2) is 42.5 Å². The van der Waals surface area contributed by atoms with Crippen molar-refractivity contribution in [2.24, 2.45) is 0 Å². The molecule has 28 heavy (non-hydrogen) atoms. The summed E-state index contributed by atoms with van der Waals surface area (Å²) in [6.07, 6.45) is 2.02. The van der Waals surface area contributed by atoms with Crippen molar-refractivity contribution in [1.29, 1.82) is 0 Å². The number of hydrogen-bond acceptors (Lipinski definition) is 7. The van der Waals surface area contributed by atoms with E-state index in [0.29, 0.717) is 36.4 Å². The molecule has 2 heterocycles. The van der Waals surface area contributed by atoms with E-state index in [1.807, 2.05) is 32.0 Å². The van der Waals surface area contributed by atoms with Crippen LogP contribution in [0, 0.1) is 0 Å². The zero-order chi connectivity index (χ0) is 19.8. The van der Waals surface area contributed by atoms with Gasteiger partial charge in [0.1, 0.15) is 0 Å². The smallest absolute Gasteiger partial charge is 0.246 e. The van der Waals surface area contributed by atoms with Crippen molar-refractivity contribution in [3.8, 4) is 11.5 Å². The van der Waals surface area contributed by atoms with Gasteiger partial charge >= 0.3 is 0 Å². The topological polar surface area (TPSA) is 95.7 Å².